The number of furan rings is 1. The van der Waals surface area contributed by atoms with E-state index in [1.54, 1.807) is 0 Å². The molecule has 4 aromatic carbocycles. The first-order valence-electron chi connectivity index (χ1n) is 16.0. The zero-order valence-electron chi connectivity index (χ0n) is 27.9. The molecular weight excluding hydrogens is 813 g/mol. The van der Waals surface area contributed by atoms with E-state index in [4.69, 9.17) is 4.42 Å². The minimum atomic E-state index is -1.77. The second-order valence-corrected chi connectivity index (χ2v) is 23.9. The summed E-state index contributed by atoms with van der Waals surface area (Å²) in [5.74, 6) is 7.81. The quantitative estimate of drug-likeness (QED) is 0.124. The van der Waals surface area contributed by atoms with Crippen molar-refractivity contribution in [3.8, 4) is 33.6 Å². The van der Waals surface area contributed by atoms with Crippen molar-refractivity contribution < 1.29 is 24.5 Å². The molecule has 0 bridgehead atoms. The van der Waals surface area contributed by atoms with Crippen LogP contribution in [0.15, 0.2) is 120 Å². The number of hydrogen-bond donors (Lipinski definition) is 0. The largest absolute Gasteiger partial charge is 0 e. The van der Waals surface area contributed by atoms with Gasteiger partial charge in [0.15, 0.2) is 0 Å². The van der Waals surface area contributed by atoms with E-state index in [1.165, 1.54) is 21.1 Å². The molecule has 0 spiro atoms. The third-order valence-electron chi connectivity index (χ3n) is 8.17. The van der Waals surface area contributed by atoms with Crippen molar-refractivity contribution >= 4 is 39.6 Å². The van der Waals surface area contributed by atoms with Gasteiger partial charge in [0.25, 0.3) is 0 Å². The molecule has 0 amide bonds. The van der Waals surface area contributed by atoms with E-state index in [0.29, 0.717) is 5.92 Å². The zero-order chi connectivity index (χ0) is 32.3. The van der Waals surface area contributed by atoms with Crippen LogP contribution in [0.25, 0.3) is 55.6 Å². The number of nitrogens with zero attached hydrogens (tertiary/aromatic N) is 2. The van der Waals surface area contributed by atoms with Gasteiger partial charge in [-0.3, -0.25) is 0 Å². The van der Waals surface area contributed by atoms with Crippen molar-refractivity contribution in [3.05, 3.63) is 139 Å². The molecule has 47 heavy (non-hydrogen) atoms. The number of rotatable bonds is 6. The molecule has 0 aliphatic heterocycles. The van der Waals surface area contributed by atoms with Gasteiger partial charge in [0, 0.05) is 31.7 Å². The molecule has 7 aromatic rings. The third-order valence-corrected chi connectivity index (χ3v) is 12.7. The van der Waals surface area contributed by atoms with Crippen molar-refractivity contribution in [2.24, 2.45) is 5.92 Å². The molecule has 0 aliphatic carbocycles. The maximum Gasteiger partial charge on any atom is 0 e. The Bertz CT molecular complexity index is 2100. The number of pyridine rings is 2. The van der Waals surface area contributed by atoms with Crippen molar-refractivity contribution in [3.63, 3.8) is 0 Å². The molecule has 3 aromatic heterocycles. The smallest absolute Gasteiger partial charge is 0 e. The Morgan fingerprint density at radius 3 is 2.23 bits per heavy atom. The Hall–Kier alpha value is -3.83. The fourth-order valence-electron chi connectivity index (χ4n) is 5.99. The van der Waals surface area contributed by atoms with Crippen LogP contribution < -0.4 is 4.40 Å². The van der Waals surface area contributed by atoms with Crippen LogP contribution in [0.5, 0.6) is 0 Å². The second-order valence-electron chi connectivity index (χ2n) is 13.3. The normalized spacial score (nSPS) is 11.3. The Morgan fingerprint density at radius 2 is 1.53 bits per heavy atom. The maximum absolute atomic E-state index is 6.35. The summed E-state index contributed by atoms with van der Waals surface area (Å²) in [4.78, 5) is 9.20. The van der Waals surface area contributed by atoms with Gasteiger partial charge in [0.1, 0.15) is 5.58 Å². The van der Waals surface area contributed by atoms with Crippen LogP contribution in [0.1, 0.15) is 25.0 Å². The van der Waals surface area contributed by atoms with Gasteiger partial charge in [-0.15, -0.1) is 18.2 Å². The van der Waals surface area contributed by atoms with E-state index in [9.17, 15) is 0 Å². The molecule has 0 saturated carbocycles. The topological polar surface area (TPSA) is 38.9 Å². The molecule has 7 rings (SSSR count). The molecule has 239 valence electrons. The molecule has 1 radical (unpaired) electrons. The number of aromatic nitrogens is 2. The van der Waals surface area contributed by atoms with Crippen LogP contribution in [0.3, 0.4) is 0 Å². The van der Waals surface area contributed by atoms with Gasteiger partial charge in [-0.25, -0.2) is 0 Å². The molecule has 0 saturated heterocycles. The van der Waals surface area contributed by atoms with E-state index in [0.717, 1.165) is 56.4 Å². The Kier molecular flexibility index (Phi) is 11.0. The minimum Gasteiger partial charge on any atom is 0 e. The van der Waals surface area contributed by atoms with Crippen LogP contribution in [-0.4, -0.2) is 23.2 Å². The van der Waals surface area contributed by atoms with Crippen molar-refractivity contribution in [2.45, 2.75) is 44.5 Å². The molecular formula is C42H40GeIrN2O-2. The van der Waals surface area contributed by atoms with Crippen LogP contribution in [0.4, 0.5) is 0 Å². The summed E-state index contributed by atoms with van der Waals surface area (Å²) in [7, 11) is 0. The number of hydrogen-bond acceptors (Lipinski definition) is 3. The average Bonchev–Trinajstić information content (AvgIpc) is 3.43. The maximum atomic E-state index is 6.35. The summed E-state index contributed by atoms with van der Waals surface area (Å²) in [6.07, 6.45) is 4.99. The van der Waals surface area contributed by atoms with E-state index in [2.05, 4.69) is 139 Å². The monoisotopic (exact) mass is 855 g/mol. The van der Waals surface area contributed by atoms with Gasteiger partial charge in [-0.2, -0.15) is 0 Å². The van der Waals surface area contributed by atoms with E-state index < -0.39 is 13.3 Å². The van der Waals surface area contributed by atoms with Gasteiger partial charge >= 0.3 is 106 Å². The van der Waals surface area contributed by atoms with Crippen molar-refractivity contribution in [2.75, 3.05) is 0 Å². The van der Waals surface area contributed by atoms with Gasteiger partial charge < -0.3 is 9.40 Å². The summed E-state index contributed by atoms with van der Waals surface area (Å²) in [5, 5.41) is 2.22. The first kappa shape index (κ1) is 34.5. The van der Waals surface area contributed by atoms with E-state index in [-0.39, 0.29) is 20.1 Å². The van der Waals surface area contributed by atoms with Crippen LogP contribution in [0, 0.1) is 25.0 Å². The first-order valence-corrected chi connectivity index (χ1v) is 23.3. The average molecular weight is 854 g/mol. The molecule has 0 fully saturated rings. The molecule has 0 unspecified atom stereocenters. The van der Waals surface area contributed by atoms with Gasteiger partial charge in [0.2, 0.25) is 0 Å². The summed E-state index contributed by atoms with van der Waals surface area (Å²) in [5.41, 5.74) is 10.7. The fraction of sp³-hybridized carbons (Fsp3) is 0.190. The summed E-state index contributed by atoms with van der Waals surface area (Å²) < 4.78 is 7.84. The molecule has 3 heterocycles. The van der Waals surface area contributed by atoms with Crippen LogP contribution in [-0.2, 0) is 26.5 Å². The molecule has 0 atom stereocenters. The summed E-state index contributed by atoms with van der Waals surface area (Å²) >= 11 is -1.77. The number of benzene rings is 4. The van der Waals surface area contributed by atoms with Crippen molar-refractivity contribution in [1.29, 1.82) is 0 Å². The third kappa shape index (κ3) is 8.01. The summed E-state index contributed by atoms with van der Waals surface area (Å²) in [6, 6.07) is 41.9. The minimum absolute atomic E-state index is 0. The molecule has 0 N–H and O–H groups in total. The van der Waals surface area contributed by atoms with Gasteiger partial charge in [0.05, 0.1) is 5.58 Å². The van der Waals surface area contributed by atoms with E-state index >= 15 is 0 Å². The molecule has 5 heteroatoms. The van der Waals surface area contributed by atoms with Crippen molar-refractivity contribution in [1.82, 2.24) is 9.97 Å². The van der Waals surface area contributed by atoms with Crippen LogP contribution >= 0.6 is 0 Å². The SMILES string of the molecule is CC(C)Cc1ccnc(-c2[c-]ccc3c2oc2cc(-c4ccccc4)ccc23)c1.Cc1cc(-c2[c-]cccc2)nc[c]1[Ge]([CH3])([CH3])[CH3].[Ir]. The molecule has 0 aliphatic rings. The molecule has 3 nitrogen and oxygen atoms in total. The van der Waals surface area contributed by atoms with E-state index in [1.807, 2.05) is 36.5 Å². The predicted molar refractivity (Wildman–Crippen MR) is 196 cm³/mol. The standard InChI is InChI=1S/C27H22NO.C15H18GeN.Ir/c1-18(2)15-19-13-14-28-25(16-19)24-10-6-9-23-22-12-11-21(17-26(22)29-27(23)24)20-7-4-3-5-8-20;1-12-10-15(13-8-6-5-7-9-13)17-11-14(12)16(2,3)4;/h3-9,11-14,16-18H,15H2,1-2H3;5-8,10-11H,1-4H3;/q2*-1;. The zero-order valence-corrected chi connectivity index (χ0v) is 32.4. The summed E-state index contributed by atoms with van der Waals surface area (Å²) in [6.45, 7) is 6.66. The second kappa shape index (κ2) is 14.9. The Balaban J connectivity index is 0.000000207. The predicted octanol–water partition coefficient (Wildman–Crippen LogP) is 10.7. The number of aryl methyl sites for hydroxylation is 1. The Labute approximate surface area is 295 Å². The first-order chi connectivity index (χ1) is 22.2. The number of fused-ring (bicyclic) bond motifs is 3. The van der Waals surface area contributed by atoms with Gasteiger partial charge in [-0.05, 0) is 41.3 Å². The Morgan fingerprint density at radius 1 is 0.745 bits per heavy atom. The fourth-order valence-corrected chi connectivity index (χ4v) is 9.57. The van der Waals surface area contributed by atoms with Crippen LogP contribution in [0.2, 0.25) is 17.3 Å². The van der Waals surface area contributed by atoms with Gasteiger partial charge in [-0.1, -0.05) is 78.9 Å².